The molecule has 4 rings (SSSR count). The topological polar surface area (TPSA) is 105 Å². The zero-order chi connectivity index (χ0) is 24.6. The molecule has 0 aliphatic heterocycles. The smallest absolute Gasteiger partial charge is 0.317 e. The van der Waals surface area contributed by atoms with Crippen LogP contribution in [0.25, 0.3) is 6.08 Å². The molecule has 7 nitrogen and oxygen atoms in total. The van der Waals surface area contributed by atoms with Gasteiger partial charge in [-0.25, -0.2) is 0 Å². The lowest BCUT2D eigenvalue weighted by molar-refractivity contribution is -0.154. The maximum atomic E-state index is 13.0. The lowest BCUT2D eigenvalue weighted by Crippen LogP contribution is -2.50. The van der Waals surface area contributed by atoms with Crippen LogP contribution in [0.1, 0.15) is 30.4 Å². The van der Waals surface area contributed by atoms with Crippen molar-refractivity contribution in [1.29, 1.82) is 0 Å². The number of benzene rings is 2. The van der Waals surface area contributed by atoms with Crippen molar-refractivity contribution in [2.75, 3.05) is 21.3 Å². The van der Waals surface area contributed by atoms with E-state index in [9.17, 15) is 20.1 Å². The molecule has 180 valence electrons. The van der Waals surface area contributed by atoms with Crippen LogP contribution in [0.3, 0.4) is 0 Å². The van der Waals surface area contributed by atoms with Gasteiger partial charge >= 0.3 is 5.97 Å². The standard InChI is InChI=1S/C27H30O7/c1-15-22(10-7-16-5-8-18(32-2)9-6-16)27(26(30)31)23(14-21(24(15)28)25(27)29)17-11-19(33-3)13-20(12-17)34-4/h5-13,21,23-25,28-29H,14H2,1-4H3,(H,30,31)/b10-7+. The predicted octanol–water partition coefficient (Wildman–Crippen LogP) is 3.65. The van der Waals surface area contributed by atoms with Crippen LogP contribution >= 0.6 is 0 Å². The molecule has 0 amide bonds. The lowest BCUT2D eigenvalue weighted by Gasteiger charge is -2.41. The fourth-order valence-corrected chi connectivity index (χ4v) is 5.57. The van der Waals surface area contributed by atoms with Crippen LogP contribution in [-0.2, 0) is 4.79 Å². The monoisotopic (exact) mass is 466 g/mol. The summed E-state index contributed by atoms with van der Waals surface area (Å²) in [6, 6.07) is 12.6. The molecule has 1 fully saturated rings. The van der Waals surface area contributed by atoms with E-state index in [1.807, 2.05) is 24.3 Å². The number of hydrogen-bond donors (Lipinski definition) is 3. The van der Waals surface area contributed by atoms with Gasteiger partial charge in [-0.2, -0.15) is 0 Å². The van der Waals surface area contributed by atoms with E-state index < -0.39 is 35.4 Å². The zero-order valence-corrected chi connectivity index (χ0v) is 19.7. The number of aliphatic carboxylic acids is 1. The second kappa shape index (κ2) is 9.16. The van der Waals surface area contributed by atoms with E-state index in [1.165, 1.54) is 14.2 Å². The molecule has 2 aliphatic rings. The average molecular weight is 467 g/mol. The van der Waals surface area contributed by atoms with Crippen LogP contribution < -0.4 is 14.2 Å². The summed E-state index contributed by atoms with van der Waals surface area (Å²) < 4.78 is 16.0. The quantitative estimate of drug-likeness (QED) is 0.572. The fourth-order valence-electron chi connectivity index (χ4n) is 5.57. The predicted molar refractivity (Wildman–Crippen MR) is 127 cm³/mol. The first-order valence-corrected chi connectivity index (χ1v) is 11.1. The summed E-state index contributed by atoms with van der Waals surface area (Å²) in [5.41, 5.74) is 0.854. The minimum atomic E-state index is -1.63. The number of allylic oxidation sites excluding steroid dienone is 1. The summed E-state index contributed by atoms with van der Waals surface area (Å²) in [4.78, 5) is 13.0. The van der Waals surface area contributed by atoms with E-state index in [0.29, 0.717) is 40.4 Å². The Balaban J connectivity index is 1.87. The van der Waals surface area contributed by atoms with E-state index in [-0.39, 0.29) is 0 Å². The molecule has 5 atom stereocenters. The van der Waals surface area contributed by atoms with Crippen molar-refractivity contribution in [1.82, 2.24) is 0 Å². The molecule has 0 heterocycles. The van der Waals surface area contributed by atoms with Crippen molar-refractivity contribution >= 4 is 12.0 Å². The number of fused-ring (bicyclic) bond motifs is 2. The highest BCUT2D eigenvalue weighted by Crippen LogP contribution is 2.62. The number of aliphatic hydroxyl groups excluding tert-OH is 2. The van der Waals surface area contributed by atoms with E-state index in [4.69, 9.17) is 14.2 Å². The van der Waals surface area contributed by atoms with Crippen LogP contribution in [-0.4, -0.2) is 54.8 Å². The van der Waals surface area contributed by atoms with Gasteiger partial charge in [-0.15, -0.1) is 0 Å². The van der Waals surface area contributed by atoms with Crippen molar-refractivity contribution in [3.63, 3.8) is 0 Å². The molecule has 34 heavy (non-hydrogen) atoms. The summed E-state index contributed by atoms with van der Waals surface area (Å²) in [6.07, 6.45) is 1.60. The van der Waals surface area contributed by atoms with Gasteiger partial charge in [0.2, 0.25) is 0 Å². The van der Waals surface area contributed by atoms with Crippen LogP contribution in [0.2, 0.25) is 0 Å². The molecule has 2 aromatic rings. The summed E-state index contributed by atoms with van der Waals surface area (Å²) in [7, 11) is 4.65. The van der Waals surface area contributed by atoms with Gasteiger partial charge in [0.25, 0.3) is 0 Å². The number of rotatable bonds is 7. The van der Waals surface area contributed by atoms with Crippen molar-refractivity contribution in [3.8, 4) is 17.2 Å². The highest BCUT2D eigenvalue weighted by Gasteiger charge is 2.66. The first kappa shape index (κ1) is 23.9. The van der Waals surface area contributed by atoms with Crippen molar-refractivity contribution in [3.05, 3.63) is 70.8 Å². The molecule has 0 spiro atoms. The van der Waals surface area contributed by atoms with Crippen LogP contribution in [0.4, 0.5) is 0 Å². The Morgan fingerprint density at radius 2 is 1.53 bits per heavy atom. The van der Waals surface area contributed by atoms with Crippen LogP contribution in [0.15, 0.2) is 59.7 Å². The molecule has 5 unspecified atom stereocenters. The fraction of sp³-hybridized carbons (Fsp3) is 0.370. The maximum absolute atomic E-state index is 13.0. The van der Waals surface area contributed by atoms with Gasteiger partial charge in [-0.1, -0.05) is 24.3 Å². The third-order valence-corrected chi connectivity index (χ3v) is 7.34. The molecule has 2 aromatic carbocycles. The highest BCUT2D eigenvalue weighted by molar-refractivity contribution is 5.85. The van der Waals surface area contributed by atoms with Crippen molar-refractivity contribution in [2.24, 2.45) is 11.3 Å². The number of ether oxygens (including phenoxy) is 3. The van der Waals surface area contributed by atoms with E-state index in [1.54, 1.807) is 44.4 Å². The maximum Gasteiger partial charge on any atom is 0.317 e. The number of carbonyl (C=O) groups is 1. The van der Waals surface area contributed by atoms with E-state index in [0.717, 1.165) is 5.56 Å². The van der Waals surface area contributed by atoms with Gasteiger partial charge in [-0.05, 0) is 59.9 Å². The Morgan fingerprint density at radius 1 is 0.941 bits per heavy atom. The number of aliphatic hydroxyl groups is 2. The zero-order valence-electron chi connectivity index (χ0n) is 19.7. The Morgan fingerprint density at radius 3 is 2.06 bits per heavy atom. The van der Waals surface area contributed by atoms with Crippen LogP contribution in [0.5, 0.6) is 17.2 Å². The van der Waals surface area contributed by atoms with Crippen molar-refractivity contribution in [2.45, 2.75) is 31.5 Å². The van der Waals surface area contributed by atoms with E-state index in [2.05, 4.69) is 0 Å². The van der Waals surface area contributed by atoms with Gasteiger partial charge in [0.05, 0.1) is 33.5 Å². The first-order chi connectivity index (χ1) is 16.3. The molecule has 0 saturated heterocycles. The normalized spacial score (nSPS) is 28.3. The van der Waals surface area contributed by atoms with Gasteiger partial charge < -0.3 is 29.5 Å². The Labute approximate surface area is 198 Å². The Bertz CT molecular complexity index is 1110. The van der Waals surface area contributed by atoms with Gasteiger partial charge in [0.15, 0.2) is 0 Å². The molecule has 2 bridgehead atoms. The molecule has 3 N–H and O–H groups in total. The van der Waals surface area contributed by atoms with Gasteiger partial charge in [0.1, 0.15) is 22.7 Å². The highest BCUT2D eigenvalue weighted by atomic mass is 16.5. The second-order valence-corrected chi connectivity index (χ2v) is 8.87. The Kier molecular flexibility index (Phi) is 6.43. The lowest BCUT2D eigenvalue weighted by atomic mass is 9.63. The molecule has 0 radical (unpaired) electrons. The molecule has 2 aliphatic carbocycles. The van der Waals surface area contributed by atoms with Gasteiger partial charge in [0, 0.05) is 17.9 Å². The Hall–Kier alpha value is -3.29. The molecule has 0 aromatic heterocycles. The average Bonchev–Trinajstić information content (AvgIpc) is 3.11. The number of carboxylic acids is 1. The number of carboxylic acid groups (broad SMARTS) is 1. The van der Waals surface area contributed by atoms with Crippen LogP contribution in [0, 0.1) is 11.3 Å². The minimum Gasteiger partial charge on any atom is -0.497 e. The molecule has 1 saturated carbocycles. The van der Waals surface area contributed by atoms with Gasteiger partial charge in [-0.3, -0.25) is 4.79 Å². The third-order valence-electron chi connectivity index (χ3n) is 7.34. The first-order valence-electron chi connectivity index (χ1n) is 11.1. The summed E-state index contributed by atoms with van der Waals surface area (Å²) in [5.74, 6) is -0.559. The number of methoxy groups -OCH3 is 3. The second-order valence-electron chi connectivity index (χ2n) is 8.87. The summed E-state index contributed by atoms with van der Waals surface area (Å²) in [5, 5.41) is 33.0. The molecular formula is C27H30O7. The summed E-state index contributed by atoms with van der Waals surface area (Å²) in [6.45, 7) is 1.74. The molecule has 7 heteroatoms. The largest absolute Gasteiger partial charge is 0.497 e. The van der Waals surface area contributed by atoms with E-state index >= 15 is 0 Å². The van der Waals surface area contributed by atoms with Crippen molar-refractivity contribution < 1.29 is 34.3 Å². The minimum absolute atomic E-state index is 0.308. The molecular weight excluding hydrogens is 436 g/mol. The summed E-state index contributed by atoms with van der Waals surface area (Å²) >= 11 is 0. The third kappa shape index (κ3) is 3.65. The SMILES string of the molecule is COc1ccc(/C=C/C2=C(C)C(O)C3CC(c4cc(OC)cc(OC)c4)C2(C(=O)O)C3O)cc1. The number of hydrogen-bond acceptors (Lipinski definition) is 6.